The predicted octanol–water partition coefficient (Wildman–Crippen LogP) is 0.411. The molecule has 100 valence electrons. The zero-order valence-corrected chi connectivity index (χ0v) is 10.7. The summed E-state index contributed by atoms with van der Waals surface area (Å²) in [6.07, 6.45) is 1.82. The van der Waals surface area contributed by atoms with Crippen LogP contribution in [-0.2, 0) is 14.3 Å². The third-order valence-electron chi connectivity index (χ3n) is 2.97. The molecule has 0 amide bonds. The molecule has 1 rings (SSSR count). The summed E-state index contributed by atoms with van der Waals surface area (Å²) in [5.41, 5.74) is 0. The van der Waals surface area contributed by atoms with E-state index < -0.39 is 6.10 Å². The van der Waals surface area contributed by atoms with Crippen LogP contribution in [0.5, 0.6) is 0 Å². The van der Waals surface area contributed by atoms with Crippen molar-refractivity contribution >= 4 is 5.97 Å². The number of nitrogens with zero attached hydrogens (tertiary/aromatic N) is 1. The van der Waals surface area contributed by atoms with Crippen molar-refractivity contribution in [2.45, 2.75) is 38.4 Å². The van der Waals surface area contributed by atoms with Crippen LogP contribution in [-0.4, -0.2) is 61.5 Å². The number of hydrogen-bond donors (Lipinski definition) is 1. The minimum absolute atomic E-state index is 0.0714. The van der Waals surface area contributed by atoms with Gasteiger partial charge in [0, 0.05) is 20.2 Å². The average molecular weight is 245 g/mol. The maximum Gasteiger partial charge on any atom is 0.308 e. The molecule has 5 nitrogen and oxygen atoms in total. The van der Waals surface area contributed by atoms with Crippen molar-refractivity contribution in [1.82, 2.24) is 4.90 Å². The molecule has 17 heavy (non-hydrogen) atoms. The van der Waals surface area contributed by atoms with E-state index >= 15 is 0 Å². The van der Waals surface area contributed by atoms with Crippen molar-refractivity contribution in [1.29, 1.82) is 0 Å². The van der Waals surface area contributed by atoms with Crippen molar-refractivity contribution in [2.75, 3.05) is 33.4 Å². The Balaban J connectivity index is 2.25. The molecule has 0 radical (unpaired) electrons. The normalized spacial score (nSPS) is 23.4. The van der Waals surface area contributed by atoms with Gasteiger partial charge in [0.25, 0.3) is 0 Å². The first-order valence-corrected chi connectivity index (χ1v) is 6.24. The Morgan fingerprint density at radius 2 is 2.35 bits per heavy atom. The molecule has 1 aliphatic rings. The second-order valence-corrected chi connectivity index (χ2v) is 4.42. The van der Waals surface area contributed by atoms with Gasteiger partial charge in [-0.3, -0.25) is 9.69 Å². The lowest BCUT2D eigenvalue weighted by molar-refractivity contribution is -0.145. The molecule has 1 N–H and O–H groups in total. The van der Waals surface area contributed by atoms with Gasteiger partial charge in [-0.15, -0.1) is 0 Å². The monoisotopic (exact) mass is 245 g/mol. The number of hydrogen-bond acceptors (Lipinski definition) is 5. The summed E-state index contributed by atoms with van der Waals surface area (Å²) in [5, 5.41) is 9.77. The van der Waals surface area contributed by atoms with Gasteiger partial charge in [0.2, 0.25) is 0 Å². The predicted molar refractivity (Wildman–Crippen MR) is 63.7 cm³/mol. The molecule has 2 atom stereocenters. The van der Waals surface area contributed by atoms with Crippen LogP contribution in [0.4, 0.5) is 0 Å². The number of rotatable bonds is 6. The van der Waals surface area contributed by atoms with Crippen LogP contribution < -0.4 is 0 Å². The molecule has 0 aromatic rings. The minimum atomic E-state index is -0.648. The van der Waals surface area contributed by atoms with E-state index in [1.54, 1.807) is 14.0 Å². The van der Waals surface area contributed by atoms with Gasteiger partial charge < -0.3 is 14.6 Å². The minimum Gasteiger partial charge on any atom is -0.466 e. The summed E-state index contributed by atoms with van der Waals surface area (Å²) in [5.74, 6) is -0.333. The van der Waals surface area contributed by atoms with Gasteiger partial charge in [-0.25, -0.2) is 0 Å². The van der Waals surface area contributed by atoms with Crippen LogP contribution in [0.25, 0.3) is 0 Å². The smallest absolute Gasteiger partial charge is 0.308 e. The highest BCUT2D eigenvalue weighted by Crippen LogP contribution is 2.13. The van der Waals surface area contributed by atoms with Gasteiger partial charge in [-0.2, -0.15) is 0 Å². The van der Waals surface area contributed by atoms with E-state index in [-0.39, 0.29) is 18.5 Å². The SMILES string of the molecule is CCOC(=O)CC(O)CN1CCCC(OC)C1. The van der Waals surface area contributed by atoms with Gasteiger partial charge in [0.15, 0.2) is 0 Å². The molecule has 1 saturated heterocycles. The third-order valence-corrected chi connectivity index (χ3v) is 2.97. The fourth-order valence-corrected chi connectivity index (χ4v) is 2.15. The Hall–Kier alpha value is -0.650. The molecule has 0 saturated carbocycles. The Labute approximate surface area is 103 Å². The molecule has 1 fully saturated rings. The van der Waals surface area contributed by atoms with Gasteiger partial charge in [-0.05, 0) is 26.3 Å². The van der Waals surface area contributed by atoms with Crippen LogP contribution in [0.3, 0.4) is 0 Å². The van der Waals surface area contributed by atoms with Crippen molar-refractivity contribution < 1.29 is 19.4 Å². The Morgan fingerprint density at radius 1 is 1.59 bits per heavy atom. The lowest BCUT2D eigenvalue weighted by Crippen LogP contribution is -2.43. The van der Waals surface area contributed by atoms with Crippen molar-refractivity contribution in [3.05, 3.63) is 0 Å². The summed E-state index contributed by atoms with van der Waals surface area (Å²) < 4.78 is 10.1. The molecule has 1 heterocycles. The second kappa shape index (κ2) is 7.63. The first-order chi connectivity index (χ1) is 8.15. The average Bonchev–Trinajstić information content (AvgIpc) is 2.29. The van der Waals surface area contributed by atoms with Crippen LogP contribution >= 0.6 is 0 Å². The molecule has 2 unspecified atom stereocenters. The van der Waals surface area contributed by atoms with Gasteiger partial charge in [0.05, 0.1) is 25.2 Å². The number of aliphatic hydroxyl groups is 1. The van der Waals surface area contributed by atoms with E-state index in [9.17, 15) is 9.90 Å². The third kappa shape index (κ3) is 5.48. The van der Waals surface area contributed by atoms with E-state index in [0.29, 0.717) is 13.2 Å². The van der Waals surface area contributed by atoms with Crippen LogP contribution in [0.2, 0.25) is 0 Å². The number of piperidine rings is 1. The number of esters is 1. The first-order valence-electron chi connectivity index (χ1n) is 6.24. The highest BCUT2D eigenvalue weighted by molar-refractivity contribution is 5.69. The molecule has 0 aromatic carbocycles. The number of ether oxygens (including phenoxy) is 2. The van der Waals surface area contributed by atoms with Crippen LogP contribution in [0.15, 0.2) is 0 Å². The molecular weight excluding hydrogens is 222 g/mol. The lowest BCUT2D eigenvalue weighted by atomic mass is 10.1. The van der Waals surface area contributed by atoms with Gasteiger partial charge in [-0.1, -0.05) is 0 Å². The number of carbonyl (C=O) groups excluding carboxylic acids is 1. The zero-order valence-electron chi connectivity index (χ0n) is 10.7. The highest BCUT2D eigenvalue weighted by Gasteiger charge is 2.22. The van der Waals surface area contributed by atoms with Crippen molar-refractivity contribution in [3.8, 4) is 0 Å². The number of aliphatic hydroxyl groups excluding tert-OH is 1. The quantitative estimate of drug-likeness (QED) is 0.687. The van der Waals surface area contributed by atoms with Crippen LogP contribution in [0.1, 0.15) is 26.2 Å². The molecule has 0 spiro atoms. The molecule has 0 aliphatic carbocycles. The topological polar surface area (TPSA) is 59.0 Å². The van der Waals surface area contributed by atoms with E-state index in [4.69, 9.17) is 9.47 Å². The molecule has 0 aromatic heterocycles. The fourth-order valence-electron chi connectivity index (χ4n) is 2.15. The Bertz CT molecular complexity index is 235. The summed E-state index contributed by atoms with van der Waals surface area (Å²) in [4.78, 5) is 13.3. The van der Waals surface area contributed by atoms with Crippen molar-refractivity contribution in [3.63, 3.8) is 0 Å². The highest BCUT2D eigenvalue weighted by atomic mass is 16.5. The van der Waals surface area contributed by atoms with Crippen molar-refractivity contribution in [2.24, 2.45) is 0 Å². The fraction of sp³-hybridized carbons (Fsp3) is 0.917. The Morgan fingerprint density at radius 3 is 3.00 bits per heavy atom. The molecule has 1 aliphatic heterocycles. The molecule has 0 bridgehead atoms. The summed E-state index contributed by atoms with van der Waals surface area (Å²) in [6, 6.07) is 0. The first kappa shape index (κ1) is 14.4. The van der Waals surface area contributed by atoms with E-state index in [0.717, 1.165) is 25.9 Å². The van der Waals surface area contributed by atoms with E-state index in [1.807, 2.05) is 0 Å². The lowest BCUT2D eigenvalue weighted by Gasteiger charge is -2.32. The number of β-amino-alcohol motifs (C(OH)–C–C–N with tert-alkyl or cyclic N) is 1. The summed E-state index contributed by atoms with van der Waals surface area (Å²) in [7, 11) is 1.71. The summed E-state index contributed by atoms with van der Waals surface area (Å²) >= 11 is 0. The van der Waals surface area contributed by atoms with E-state index in [1.165, 1.54) is 0 Å². The van der Waals surface area contributed by atoms with E-state index in [2.05, 4.69) is 4.90 Å². The largest absolute Gasteiger partial charge is 0.466 e. The van der Waals surface area contributed by atoms with Crippen LogP contribution in [0, 0.1) is 0 Å². The summed E-state index contributed by atoms with van der Waals surface area (Å²) in [6.45, 7) is 4.42. The number of methoxy groups -OCH3 is 1. The Kier molecular flexibility index (Phi) is 6.47. The second-order valence-electron chi connectivity index (χ2n) is 4.42. The number of likely N-dealkylation sites (tertiary alicyclic amines) is 1. The molecule has 5 heteroatoms. The standard InChI is InChI=1S/C12H23NO4/c1-3-17-12(15)7-10(14)8-13-6-4-5-11(9-13)16-2/h10-11,14H,3-9H2,1-2H3. The maximum absolute atomic E-state index is 11.2. The van der Waals surface area contributed by atoms with Gasteiger partial charge in [0.1, 0.15) is 0 Å². The zero-order chi connectivity index (χ0) is 12.7. The number of carbonyl (C=O) groups is 1. The molecular formula is C12H23NO4. The maximum atomic E-state index is 11.2. The van der Waals surface area contributed by atoms with Gasteiger partial charge >= 0.3 is 5.97 Å².